The van der Waals surface area contributed by atoms with Gasteiger partial charge in [-0.3, -0.25) is 0 Å². The number of aryl methyl sites for hydroxylation is 1. The van der Waals surface area contributed by atoms with Gasteiger partial charge in [-0.25, -0.2) is 13.1 Å². The highest BCUT2D eigenvalue weighted by molar-refractivity contribution is 7.89. The quantitative estimate of drug-likeness (QED) is 0.766. The number of benzene rings is 1. The molecule has 0 aliphatic carbocycles. The first-order chi connectivity index (χ1) is 7.55. The Morgan fingerprint density at radius 2 is 2.00 bits per heavy atom. The molecule has 1 N–H and O–H groups in total. The van der Waals surface area contributed by atoms with Crippen molar-refractivity contribution in [2.45, 2.75) is 13.8 Å². The summed E-state index contributed by atoms with van der Waals surface area (Å²) >= 11 is 0. The van der Waals surface area contributed by atoms with Gasteiger partial charge in [0.25, 0.3) is 0 Å². The molecule has 0 bridgehead atoms. The van der Waals surface area contributed by atoms with E-state index in [4.69, 9.17) is 4.74 Å². The molecule has 0 radical (unpaired) electrons. The highest BCUT2D eigenvalue weighted by Gasteiger charge is 2.05. The van der Waals surface area contributed by atoms with Crippen molar-refractivity contribution >= 4 is 10.0 Å². The first-order valence-corrected chi connectivity index (χ1v) is 6.86. The Bertz CT molecular complexity index is 429. The highest BCUT2D eigenvalue weighted by Crippen LogP contribution is 2.15. The maximum atomic E-state index is 11.1. The SMILES string of the molecule is CCS(=O)(=O)NCCOc1ccccc1C. The fourth-order valence-electron chi connectivity index (χ4n) is 1.18. The van der Waals surface area contributed by atoms with E-state index in [9.17, 15) is 8.42 Å². The third kappa shape index (κ3) is 4.20. The predicted molar refractivity (Wildman–Crippen MR) is 64.1 cm³/mol. The van der Waals surface area contributed by atoms with E-state index in [2.05, 4.69) is 4.72 Å². The molecule has 4 nitrogen and oxygen atoms in total. The Morgan fingerprint density at radius 1 is 1.31 bits per heavy atom. The second-order valence-electron chi connectivity index (χ2n) is 3.41. The number of nitrogens with one attached hydrogen (secondary N) is 1. The normalized spacial score (nSPS) is 11.4. The molecule has 1 aromatic rings. The maximum absolute atomic E-state index is 11.1. The first-order valence-electron chi connectivity index (χ1n) is 5.21. The molecule has 0 saturated carbocycles. The summed E-state index contributed by atoms with van der Waals surface area (Å²) in [5.41, 5.74) is 1.04. The molecule has 16 heavy (non-hydrogen) atoms. The molecule has 1 rings (SSSR count). The Morgan fingerprint density at radius 3 is 2.62 bits per heavy atom. The van der Waals surface area contributed by atoms with Gasteiger partial charge in [-0.05, 0) is 25.5 Å². The summed E-state index contributed by atoms with van der Waals surface area (Å²) < 4.78 is 30.1. The lowest BCUT2D eigenvalue weighted by Gasteiger charge is -2.09. The van der Waals surface area contributed by atoms with Gasteiger partial charge in [-0.15, -0.1) is 0 Å². The fraction of sp³-hybridized carbons (Fsp3) is 0.455. The van der Waals surface area contributed by atoms with Crippen LogP contribution in [0.3, 0.4) is 0 Å². The highest BCUT2D eigenvalue weighted by atomic mass is 32.2. The van der Waals surface area contributed by atoms with Gasteiger partial charge in [0.15, 0.2) is 0 Å². The molecule has 1 aromatic carbocycles. The minimum Gasteiger partial charge on any atom is -0.492 e. The lowest BCUT2D eigenvalue weighted by Crippen LogP contribution is -2.29. The molecule has 90 valence electrons. The zero-order valence-corrected chi connectivity index (χ0v) is 10.4. The number of para-hydroxylation sites is 1. The Kier molecular flexibility index (Phi) is 4.76. The van der Waals surface area contributed by atoms with Crippen molar-refractivity contribution < 1.29 is 13.2 Å². The summed E-state index contributed by atoms with van der Waals surface area (Å²) in [5, 5.41) is 0. The van der Waals surface area contributed by atoms with E-state index in [1.54, 1.807) is 6.92 Å². The molecule has 0 aliphatic rings. The monoisotopic (exact) mass is 243 g/mol. The standard InChI is InChI=1S/C11H17NO3S/c1-3-16(13,14)12-8-9-15-11-7-5-4-6-10(11)2/h4-7,12H,3,8-9H2,1-2H3. The lowest BCUT2D eigenvalue weighted by atomic mass is 10.2. The van der Waals surface area contributed by atoms with Crippen LogP contribution in [0.2, 0.25) is 0 Å². The largest absolute Gasteiger partial charge is 0.492 e. The number of ether oxygens (including phenoxy) is 1. The minimum absolute atomic E-state index is 0.0946. The summed E-state index contributed by atoms with van der Waals surface area (Å²) in [6.45, 7) is 4.19. The zero-order valence-electron chi connectivity index (χ0n) is 9.56. The van der Waals surface area contributed by atoms with Crippen LogP contribution in [-0.2, 0) is 10.0 Å². The van der Waals surface area contributed by atoms with Crippen molar-refractivity contribution in [3.8, 4) is 5.75 Å². The molecule has 0 heterocycles. The third-order valence-electron chi connectivity index (χ3n) is 2.16. The van der Waals surface area contributed by atoms with Gasteiger partial charge in [0.1, 0.15) is 12.4 Å². The van der Waals surface area contributed by atoms with Gasteiger partial charge in [0.05, 0.1) is 5.75 Å². The number of hydrogen-bond donors (Lipinski definition) is 1. The van der Waals surface area contributed by atoms with Crippen molar-refractivity contribution in [3.63, 3.8) is 0 Å². The summed E-state index contributed by atoms with van der Waals surface area (Å²) in [6, 6.07) is 7.63. The summed E-state index contributed by atoms with van der Waals surface area (Å²) in [7, 11) is -3.11. The van der Waals surface area contributed by atoms with Crippen LogP contribution in [0.1, 0.15) is 12.5 Å². The minimum atomic E-state index is -3.11. The number of sulfonamides is 1. The zero-order chi connectivity index (χ0) is 12.0. The first kappa shape index (κ1) is 13.0. The van der Waals surface area contributed by atoms with Crippen LogP contribution in [0.4, 0.5) is 0 Å². The van der Waals surface area contributed by atoms with Gasteiger partial charge < -0.3 is 4.74 Å². The summed E-state index contributed by atoms with van der Waals surface area (Å²) in [4.78, 5) is 0. The van der Waals surface area contributed by atoms with Crippen LogP contribution in [0.5, 0.6) is 5.75 Å². The van der Waals surface area contributed by atoms with E-state index >= 15 is 0 Å². The van der Waals surface area contributed by atoms with E-state index in [0.717, 1.165) is 11.3 Å². The van der Waals surface area contributed by atoms with Crippen molar-refractivity contribution in [2.75, 3.05) is 18.9 Å². The van der Waals surface area contributed by atoms with E-state index in [1.807, 2.05) is 31.2 Å². The molecule has 0 fully saturated rings. The van der Waals surface area contributed by atoms with Crippen LogP contribution in [0, 0.1) is 6.92 Å². The van der Waals surface area contributed by atoms with E-state index in [-0.39, 0.29) is 5.75 Å². The maximum Gasteiger partial charge on any atom is 0.211 e. The van der Waals surface area contributed by atoms with Gasteiger partial charge >= 0.3 is 0 Å². The Balaban J connectivity index is 2.35. The second kappa shape index (κ2) is 5.86. The number of rotatable bonds is 6. The van der Waals surface area contributed by atoms with Crippen LogP contribution in [-0.4, -0.2) is 27.3 Å². The summed E-state index contributed by atoms with van der Waals surface area (Å²) in [5.74, 6) is 0.885. The van der Waals surface area contributed by atoms with Crippen molar-refractivity contribution in [3.05, 3.63) is 29.8 Å². The van der Waals surface area contributed by atoms with Crippen LogP contribution < -0.4 is 9.46 Å². The topological polar surface area (TPSA) is 55.4 Å². The van der Waals surface area contributed by atoms with E-state index < -0.39 is 10.0 Å². The van der Waals surface area contributed by atoms with Gasteiger partial charge in [0, 0.05) is 6.54 Å². The predicted octanol–water partition coefficient (Wildman–Crippen LogP) is 1.31. The fourth-order valence-corrected chi connectivity index (χ4v) is 1.78. The lowest BCUT2D eigenvalue weighted by molar-refractivity contribution is 0.321. The molecule has 0 saturated heterocycles. The van der Waals surface area contributed by atoms with Gasteiger partial charge in [0.2, 0.25) is 10.0 Å². The van der Waals surface area contributed by atoms with Gasteiger partial charge in [-0.2, -0.15) is 0 Å². The molecular formula is C11H17NO3S. The molecule has 0 aromatic heterocycles. The third-order valence-corrected chi connectivity index (χ3v) is 3.56. The van der Waals surface area contributed by atoms with Crippen LogP contribution in [0.25, 0.3) is 0 Å². The average Bonchev–Trinajstić information content (AvgIpc) is 2.27. The summed E-state index contributed by atoms with van der Waals surface area (Å²) in [6.07, 6.45) is 0. The Labute approximate surface area is 96.7 Å². The van der Waals surface area contributed by atoms with Crippen LogP contribution in [0.15, 0.2) is 24.3 Å². The molecule has 5 heteroatoms. The molecule has 0 amide bonds. The van der Waals surface area contributed by atoms with E-state index in [0.29, 0.717) is 13.2 Å². The molecule has 0 aliphatic heterocycles. The Hall–Kier alpha value is -1.07. The second-order valence-corrected chi connectivity index (χ2v) is 5.51. The number of hydrogen-bond acceptors (Lipinski definition) is 3. The molecular weight excluding hydrogens is 226 g/mol. The smallest absolute Gasteiger partial charge is 0.211 e. The van der Waals surface area contributed by atoms with E-state index in [1.165, 1.54) is 0 Å². The average molecular weight is 243 g/mol. The molecule has 0 spiro atoms. The molecule has 0 atom stereocenters. The van der Waals surface area contributed by atoms with Crippen LogP contribution >= 0.6 is 0 Å². The van der Waals surface area contributed by atoms with Crippen molar-refractivity contribution in [1.29, 1.82) is 0 Å². The van der Waals surface area contributed by atoms with Crippen molar-refractivity contribution in [2.24, 2.45) is 0 Å². The van der Waals surface area contributed by atoms with Gasteiger partial charge in [-0.1, -0.05) is 18.2 Å². The molecule has 0 unspecified atom stereocenters. The van der Waals surface area contributed by atoms with Crippen molar-refractivity contribution in [1.82, 2.24) is 4.72 Å².